The normalized spacial score (nSPS) is 16.4. The lowest BCUT2D eigenvalue weighted by molar-refractivity contribution is 0.359. The molecule has 1 aliphatic carbocycles. The summed E-state index contributed by atoms with van der Waals surface area (Å²) >= 11 is 0. The number of aromatic nitrogens is 1. The van der Waals surface area contributed by atoms with Gasteiger partial charge in [-0.3, -0.25) is 0 Å². The van der Waals surface area contributed by atoms with Gasteiger partial charge < -0.3 is 4.52 Å². The van der Waals surface area contributed by atoms with Crippen LogP contribution in [0.4, 0.5) is 0 Å². The number of hydrogen-bond acceptors (Lipinski definition) is 2. The maximum atomic E-state index is 5.63. The summed E-state index contributed by atoms with van der Waals surface area (Å²) < 4.78 is 5.63. The van der Waals surface area contributed by atoms with Crippen molar-refractivity contribution in [1.29, 1.82) is 0 Å². The zero-order valence-electron chi connectivity index (χ0n) is 13.1. The van der Waals surface area contributed by atoms with E-state index in [0.29, 0.717) is 5.92 Å². The molecule has 0 bridgehead atoms. The van der Waals surface area contributed by atoms with Crippen LogP contribution >= 0.6 is 0 Å². The van der Waals surface area contributed by atoms with E-state index in [1.807, 2.05) is 6.20 Å². The largest absolute Gasteiger partial charge is 0.356 e. The van der Waals surface area contributed by atoms with Gasteiger partial charge in [0.2, 0.25) is 0 Å². The van der Waals surface area contributed by atoms with E-state index in [-0.39, 0.29) is 5.41 Å². The summed E-state index contributed by atoms with van der Waals surface area (Å²) in [4.78, 5) is 0. The number of nitrogens with zero attached hydrogens (tertiary/aromatic N) is 1. The van der Waals surface area contributed by atoms with Gasteiger partial charge in [0.15, 0.2) is 5.76 Å². The molecule has 0 N–H and O–H groups in total. The molecular formula is C20H19NO. The minimum Gasteiger partial charge on any atom is -0.356 e. The minimum atomic E-state index is 0.114. The highest BCUT2D eigenvalue weighted by atomic mass is 16.5. The predicted molar refractivity (Wildman–Crippen MR) is 88.7 cm³/mol. The van der Waals surface area contributed by atoms with E-state index in [0.717, 1.165) is 16.9 Å². The van der Waals surface area contributed by atoms with Crippen molar-refractivity contribution in [2.45, 2.75) is 26.7 Å². The first-order valence-electron chi connectivity index (χ1n) is 7.70. The van der Waals surface area contributed by atoms with E-state index in [1.165, 1.54) is 16.7 Å². The molecule has 0 radical (unpaired) electrons. The number of fused-ring (bicyclic) bond motifs is 5. The molecule has 110 valence electrons. The van der Waals surface area contributed by atoms with Gasteiger partial charge in [0, 0.05) is 17.0 Å². The Bertz CT molecular complexity index is 777. The molecule has 2 nitrogen and oxygen atoms in total. The Kier molecular flexibility index (Phi) is 2.77. The van der Waals surface area contributed by atoms with E-state index in [4.69, 9.17) is 4.52 Å². The van der Waals surface area contributed by atoms with Gasteiger partial charge in [-0.1, -0.05) is 74.5 Å². The Morgan fingerprint density at radius 2 is 1.41 bits per heavy atom. The molecule has 1 aliphatic rings. The van der Waals surface area contributed by atoms with Crippen LogP contribution in [-0.4, -0.2) is 5.16 Å². The summed E-state index contributed by atoms with van der Waals surface area (Å²) in [5.41, 5.74) is 6.27. The second-order valence-corrected chi connectivity index (χ2v) is 7.04. The lowest BCUT2D eigenvalue weighted by Gasteiger charge is -2.32. The predicted octanol–water partition coefficient (Wildman–Crippen LogP) is 5.50. The van der Waals surface area contributed by atoms with Gasteiger partial charge in [0.05, 0.1) is 6.20 Å². The fourth-order valence-electron chi connectivity index (χ4n) is 3.68. The lowest BCUT2D eigenvalue weighted by atomic mass is 9.71. The van der Waals surface area contributed by atoms with Crippen LogP contribution in [0.3, 0.4) is 0 Å². The second-order valence-electron chi connectivity index (χ2n) is 7.04. The van der Waals surface area contributed by atoms with Crippen molar-refractivity contribution in [1.82, 2.24) is 5.16 Å². The van der Waals surface area contributed by atoms with E-state index in [9.17, 15) is 0 Å². The standard InChI is InChI=1S/C20H19NO/c1-20(2,3)18-14-9-5-4-8-13(14)17-12-21-22-19(17)16-11-7-6-10-15(16)18/h4-12,18H,1-3H3. The minimum absolute atomic E-state index is 0.114. The molecule has 1 unspecified atom stereocenters. The third-order valence-corrected chi connectivity index (χ3v) is 4.51. The Hall–Kier alpha value is -2.35. The van der Waals surface area contributed by atoms with E-state index in [2.05, 4.69) is 74.5 Å². The van der Waals surface area contributed by atoms with Crippen molar-refractivity contribution in [2.75, 3.05) is 0 Å². The highest BCUT2D eigenvalue weighted by Crippen LogP contribution is 2.51. The summed E-state index contributed by atoms with van der Waals surface area (Å²) in [5.74, 6) is 1.21. The van der Waals surface area contributed by atoms with Crippen LogP contribution in [0.5, 0.6) is 0 Å². The molecule has 2 heteroatoms. The van der Waals surface area contributed by atoms with Gasteiger partial charge in [0.1, 0.15) is 0 Å². The smallest absolute Gasteiger partial charge is 0.174 e. The van der Waals surface area contributed by atoms with Gasteiger partial charge >= 0.3 is 0 Å². The Labute approximate surface area is 130 Å². The van der Waals surface area contributed by atoms with Crippen LogP contribution in [0.25, 0.3) is 22.5 Å². The highest BCUT2D eigenvalue weighted by molar-refractivity contribution is 5.85. The van der Waals surface area contributed by atoms with Gasteiger partial charge in [-0.15, -0.1) is 0 Å². The third-order valence-electron chi connectivity index (χ3n) is 4.51. The molecule has 3 aromatic rings. The van der Waals surface area contributed by atoms with Crippen molar-refractivity contribution in [2.24, 2.45) is 5.41 Å². The van der Waals surface area contributed by atoms with E-state index in [1.54, 1.807) is 0 Å². The summed E-state index contributed by atoms with van der Waals surface area (Å²) in [6, 6.07) is 17.2. The summed E-state index contributed by atoms with van der Waals surface area (Å²) in [5, 5.41) is 4.06. The molecule has 4 rings (SSSR count). The van der Waals surface area contributed by atoms with Gasteiger partial charge in [-0.2, -0.15) is 0 Å². The molecule has 1 atom stereocenters. The summed E-state index contributed by atoms with van der Waals surface area (Å²) in [6.45, 7) is 6.91. The molecule has 1 heterocycles. The van der Waals surface area contributed by atoms with Crippen molar-refractivity contribution < 1.29 is 4.52 Å². The maximum Gasteiger partial charge on any atom is 0.174 e. The Morgan fingerprint density at radius 3 is 2.09 bits per heavy atom. The van der Waals surface area contributed by atoms with Crippen LogP contribution in [0, 0.1) is 5.41 Å². The van der Waals surface area contributed by atoms with E-state index >= 15 is 0 Å². The topological polar surface area (TPSA) is 26.0 Å². The zero-order chi connectivity index (χ0) is 15.3. The quantitative estimate of drug-likeness (QED) is 0.546. The van der Waals surface area contributed by atoms with Crippen LogP contribution < -0.4 is 0 Å². The van der Waals surface area contributed by atoms with E-state index < -0.39 is 0 Å². The first kappa shape index (κ1) is 13.3. The average Bonchev–Trinajstić information content (AvgIpc) is 2.92. The number of hydrogen-bond donors (Lipinski definition) is 0. The van der Waals surface area contributed by atoms with Crippen LogP contribution in [0.2, 0.25) is 0 Å². The first-order valence-corrected chi connectivity index (χ1v) is 7.70. The van der Waals surface area contributed by atoms with Crippen LogP contribution in [0.1, 0.15) is 37.8 Å². The average molecular weight is 289 g/mol. The molecule has 0 aliphatic heterocycles. The molecule has 0 spiro atoms. The van der Waals surface area contributed by atoms with Gasteiger partial charge in [0.25, 0.3) is 0 Å². The Balaban J connectivity index is 2.15. The Morgan fingerprint density at radius 1 is 0.818 bits per heavy atom. The van der Waals surface area contributed by atoms with Crippen molar-refractivity contribution in [3.05, 3.63) is 65.9 Å². The van der Waals surface area contributed by atoms with Crippen molar-refractivity contribution >= 4 is 0 Å². The van der Waals surface area contributed by atoms with Crippen LogP contribution in [0.15, 0.2) is 59.3 Å². The molecule has 22 heavy (non-hydrogen) atoms. The van der Waals surface area contributed by atoms with Crippen LogP contribution in [-0.2, 0) is 0 Å². The van der Waals surface area contributed by atoms with Gasteiger partial charge in [-0.25, -0.2) is 0 Å². The third kappa shape index (κ3) is 1.83. The lowest BCUT2D eigenvalue weighted by Crippen LogP contribution is -2.20. The van der Waals surface area contributed by atoms with Crippen molar-refractivity contribution in [3.63, 3.8) is 0 Å². The molecule has 0 amide bonds. The second kappa shape index (κ2) is 4.57. The first-order chi connectivity index (χ1) is 10.6. The molecule has 0 saturated carbocycles. The highest BCUT2D eigenvalue weighted by Gasteiger charge is 2.35. The fraction of sp³-hybridized carbons (Fsp3) is 0.250. The van der Waals surface area contributed by atoms with Crippen molar-refractivity contribution in [3.8, 4) is 22.5 Å². The van der Waals surface area contributed by atoms with Gasteiger partial charge in [-0.05, 0) is 22.1 Å². The molecule has 0 saturated heterocycles. The number of rotatable bonds is 0. The molecule has 2 aromatic carbocycles. The fourth-order valence-corrected chi connectivity index (χ4v) is 3.68. The molecular weight excluding hydrogens is 270 g/mol. The summed E-state index contributed by atoms with van der Waals surface area (Å²) in [7, 11) is 0. The maximum absolute atomic E-state index is 5.63. The molecule has 0 fully saturated rings. The zero-order valence-corrected chi connectivity index (χ0v) is 13.1. The monoisotopic (exact) mass is 289 g/mol. The SMILES string of the molecule is CC(C)(C)C1c2ccccc2-c2cnoc2-c2ccccc21. The number of benzene rings is 2. The molecule has 1 aromatic heterocycles. The summed E-state index contributed by atoms with van der Waals surface area (Å²) in [6.07, 6.45) is 1.84.